The maximum Gasteiger partial charge on any atom is 0.335 e. The van der Waals surface area contributed by atoms with Crippen molar-refractivity contribution in [1.29, 1.82) is 0 Å². The van der Waals surface area contributed by atoms with Gasteiger partial charge >= 0.3 is 11.9 Å². The van der Waals surface area contributed by atoms with E-state index < -0.39 is 24.1 Å². The summed E-state index contributed by atoms with van der Waals surface area (Å²) in [6.45, 7) is 0. The summed E-state index contributed by atoms with van der Waals surface area (Å²) in [5.74, 6) is -2.68. The molecule has 1 rings (SSSR count). The Morgan fingerprint density at radius 1 is 1.22 bits per heavy atom. The molecule has 4 N–H and O–H groups in total. The van der Waals surface area contributed by atoms with Crippen molar-refractivity contribution >= 4 is 23.5 Å². The van der Waals surface area contributed by atoms with Crippen LogP contribution in [-0.2, 0) is 16.0 Å². The van der Waals surface area contributed by atoms with Gasteiger partial charge in [-0.05, 0) is 17.2 Å². The first-order valence-corrected chi connectivity index (χ1v) is 5.29. The minimum Gasteiger partial charge on any atom is -0.481 e. The number of hydrogen-bond donors (Lipinski definition) is 4. The van der Waals surface area contributed by atoms with Crippen LogP contribution in [0.3, 0.4) is 0 Å². The summed E-state index contributed by atoms with van der Waals surface area (Å²) in [6, 6.07) is 3.92. The summed E-state index contributed by atoms with van der Waals surface area (Å²) in [4.78, 5) is 21.1. The fraction of sp³-hybridized carbons (Fsp3) is 0.273. The zero-order valence-corrected chi connectivity index (χ0v) is 9.83. The quantitative estimate of drug-likeness (QED) is 0.619. The van der Waals surface area contributed by atoms with Gasteiger partial charge in [-0.2, -0.15) is 0 Å². The second-order valence-corrected chi connectivity index (χ2v) is 4.06. The first-order valence-electron chi connectivity index (χ1n) is 4.92. The molecule has 0 aliphatic carbocycles. The smallest absolute Gasteiger partial charge is 0.335 e. The van der Waals surface area contributed by atoms with Crippen LogP contribution in [0.4, 0.5) is 0 Å². The van der Waals surface area contributed by atoms with Gasteiger partial charge in [0.15, 0.2) is 6.10 Å². The monoisotopic (exact) mass is 274 g/mol. The second kappa shape index (κ2) is 5.81. The van der Waals surface area contributed by atoms with E-state index in [4.69, 9.17) is 21.8 Å². The Morgan fingerprint density at radius 2 is 1.83 bits per heavy atom. The minimum atomic E-state index is -1.98. The second-order valence-electron chi connectivity index (χ2n) is 3.65. The molecule has 6 nitrogen and oxygen atoms in total. The van der Waals surface area contributed by atoms with E-state index in [1.54, 1.807) is 0 Å². The van der Waals surface area contributed by atoms with Gasteiger partial charge in [-0.3, -0.25) is 4.79 Å². The maximum atomic E-state index is 10.6. The van der Waals surface area contributed by atoms with E-state index in [1.807, 2.05) is 0 Å². The van der Waals surface area contributed by atoms with Gasteiger partial charge in [0.25, 0.3) is 0 Å². The first kappa shape index (κ1) is 14.4. The lowest BCUT2D eigenvalue weighted by Gasteiger charge is -2.15. The zero-order valence-electron chi connectivity index (χ0n) is 9.08. The van der Waals surface area contributed by atoms with Crippen molar-refractivity contribution in [2.45, 2.75) is 18.6 Å². The number of rotatable bonds is 5. The van der Waals surface area contributed by atoms with Crippen molar-refractivity contribution < 1.29 is 30.0 Å². The summed E-state index contributed by atoms with van der Waals surface area (Å²) in [6.07, 6.45) is -3.99. The third-order valence-corrected chi connectivity index (χ3v) is 2.67. The van der Waals surface area contributed by atoms with Crippen molar-refractivity contribution in [3.63, 3.8) is 0 Å². The Labute approximate surface area is 107 Å². The lowest BCUT2D eigenvalue weighted by atomic mass is 10.0. The molecule has 0 fully saturated rings. The van der Waals surface area contributed by atoms with E-state index in [0.717, 1.165) is 0 Å². The number of benzene rings is 1. The molecule has 0 aliphatic rings. The molecule has 1 aromatic carbocycles. The van der Waals surface area contributed by atoms with Gasteiger partial charge in [0.2, 0.25) is 0 Å². The molecule has 0 aliphatic heterocycles. The van der Waals surface area contributed by atoms with Gasteiger partial charge in [0, 0.05) is 5.02 Å². The number of carboxylic acids is 2. The highest BCUT2D eigenvalue weighted by Gasteiger charge is 2.25. The lowest BCUT2D eigenvalue weighted by molar-refractivity contribution is -0.153. The Bertz CT molecular complexity index is 473. The third-order valence-electron chi connectivity index (χ3n) is 2.31. The van der Waals surface area contributed by atoms with Gasteiger partial charge in [0.1, 0.15) is 6.10 Å². The molecule has 0 heterocycles. The Morgan fingerprint density at radius 3 is 2.33 bits per heavy atom. The average Bonchev–Trinajstić information content (AvgIpc) is 2.29. The Kier molecular flexibility index (Phi) is 4.66. The fourth-order valence-corrected chi connectivity index (χ4v) is 1.58. The number of carbonyl (C=O) groups is 2. The van der Waals surface area contributed by atoms with Crippen molar-refractivity contribution in [3.8, 4) is 0 Å². The standard InChI is InChI=1S/C11H11ClO6/c12-7-2-1-5(3-6(7)4-8(13)14)9(15)10(16)11(17)18/h1-3,9-10,15-16H,4H2,(H,13,14)(H,17,18). The Balaban J connectivity index is 3.04. The first-order chi connectivity index (χ1) is 8.32. The van der Waals surface area contributed by atoms with Gasteiger partial charge < -0.3 is 20.4 Å². The maximum absolute atomic E-state index is 10.6. The van der Waals surface area contributed by atoms with Crippen LogP contribution in [0.1, 0.15) is 17.2 Å². The molecule has 2 atom stereocenters. The zero-order chi connectivity index (χ0) is 13.9. The molecule has 0 saturated heterocycles. The SMILES string of the molecule is O=C(O)Cc1cc(C(O)C(O)C(=O)O)ccc1Cl. The number of carboxylic acid groups (broad SMARTS) is 2. The van der Waals surface area contributed by atoms with E-state index in [9.17, 15) is 19.8 Å². The molecule has 1 aromatic rings. The van der Waals surface area contributed by atoms with E-state index in [-0.39, 0.29) is 22.6 Å². The van der Waals surface area contributed by atoms with E-state index in [2.05, 4.69) is 0 Å². The van der Waals surface area contributed by atoms with Crippen LogP contribution in [-0.4, -0.2) is 38.5 Å². The average molecular weight is 275 g/mol. The number of hydrogen-bond acceptors (Lipinski definition) is 4. The predicted octanol–water partition coefficient (Wildman–Crippen LogP) is 0.446. The molecule has 0 aromatic heterocycles. The fourth-order valence-electron chi connectivity index (χ4n) is 1.39. The van der Waals surface area contributed by atoms with Gasteiger partial charge in [-0.1, -0.05) is 23.7 Å². The summed E-state index contributed by atoms with van der Waals surface area (Å²) in [5, 5.41) is 36.2. The van der Waals surface area contributed by atoms with Crippen molar-refractivity contribution in [2.24, 2.45) is 0 Å². The number of aliphatic hydroxyl groups excluding tert-OH is 2. The molecule has 98 valence electrons. The molecular weight excluding hydrogens is 264 g/mol. The molecule has 7 heteroatoms. The Hall–Kier alpha value is -1.63. The van der Waals surface area contributed by atoms with Gasteiger partial charge in [-0.15, -0.1) is 0 Å². The highest BCUT2D eigenvalue weighted by molar-refractivity contribution is 6.31. The highest BCUT2D eigenvalue weighted by atomic mass is 35.5. The lowest BCUT2D eigenvalue weighted by Crippen LogP contribution is -2.27. The van der Waals surface area contributed by atoms with Crippen molar-refractivity contribution in [3.05, 3.63) is 34.3 Å². The molecule has 0 radical (unpaired) electrons. The van der Waals surface area contributed by atoms with Crippen LogP contribution >= 0.6 is 11.6 Å². The number of aliphatic carboxylic acids is 2. The molecule has 0 spiro atoms. The number of halogens is 1. The molecule has 0 saturated carbocycles. The van der Waals surface area contributed by atoms with Crippen LogP contribution in [0.5, 0.6) is 0 Å². The van der Waals surface area contributed by atoms with Crippen molar-refractivity contribution in [2.75, 3.05) is 0 Å². The third kappa shape index (κ3) is 3.43. The number of aliphatic hydroxyl groups is 2. The summed E-state index contributed by atoms with van der Waals surface area (Å²) in [5.41, 5.74) is 0.323. The van der Waals surface area contributed by atoms with E-state index in [0.29, 0.717) is 0 Å². The van der Waals surface area contributed by atoms with Crippen LogP contribution in [0.2, 0.25) is 5.02 Å². The molecule has 18 heavy (non-hydrogen) atoms. The topological polar surface area (TPSA) is 115 Å². The predicted molar refractivity (Wildman–Crippen MR) is 61.4 cm³/mol. The van der Waals surface area contributed by atoms with Crippen LogP contribution in [0, 0.1) is 0 Å². The normalized spacial score (nSPS) is 13.9. The van der Waals surface area contributed by atoms with E-state index in [1.165, 1.54) is 18.2 Å². The molecule has 0 amide bonds. The van der Waals surface area contributed by atoms with Gasteiger partial charge in [-0.25, -0.2) is 4.79 Å². The highest BCUT2D eigenvalue weighted by Crippen LogP contribution is 2.24. The van der Waals surface area contributed by atoms with Crippen LogP contribution < -0.4 is 0 Å². The summed E-state index contributed by atoms with van der Waals surface area (Å²) < 4.78 is 0. The summed E-state index contributed by atoms with van der Waals surface area (Å²) >= 11 is 5.76. The van der Waals surface area contributed by atoms with E-state index >= 15 is 0 Å². The minimum absolute atomic E-state index is 0.0885. The van der Waals surface area contributed by atoms with Gasteiger partial charge in [0.05, 0.1) is 6.42 Å². The molecule has 0 bridgehead atoms. The largest absolute Gasteiger partial charge is 0.481 e. The van der Waals surface area contributed by atoms with Crippen LogP contribution in [0.15, 0.2) is 18.2 Å². The summed E-state index contributed by atoms with van der Waals surface area (Å²) in [7, 11) is 0. The molecule has 2 unspecified atom stereocenters. The van der Waals surface area contributed by atoms with Crippen LogP contribution in [0.25, 0.3) is 0 Å². The van der Waals surface area contributed by atoms with Crippen molar-refractivity contribution in [1.82, 2.24) is 0 Å². The molecular formula is C11H11ClO6.